The molecule has 27 heavy (non-hydrogen) atoms. The van der Waals surface area contributed by atoms with Crippen molar-refractivity contribution in [2.45, 2.75) is 6.54 Å². The van der Waals surface area contributed by atoms with Crippen LogP contribution in [0.15, 0.2) is 33.9 Å². The maximum absolute atomic E-state index is 12.6. The molecular formula is C18H21ClN6O2. The maximum Gasteiger partial charge on any atom is 0.329 e. The van der Waals surface area contributed by atoms with Gasteiger partial charge in [-0.2, -0.15) is 4.98 Å². The van der Waals surface area contributed by atoms with Gasteiger partial charge in [-0.05, 0) is 24.7 Å². The van der Waals surface area contributed by atoms with Crippen molar-refractivity contribution in [3.05, 3.63) is 55.7 Å². The molecular weight excluding hydrogens is 368 g/mol. The van der Waals surface area contributed by atoms with Crippen LogP contribution in [-0.2, 0) is 13.6 Å². The number of H-pyrrole nitrogens is 1. The van der Waals surface area contributed by atoms with Crippen LogP contribution in [0.25, 0.3) is 11.2 Å². The molecule has 142 valence electrons. The molecule has 0 aliphatic carbocycles. The number of aromatic amines is 1. The van der Waals surface area contributed by atoms with E-state index in [2.05, 4.69) is 26.8 Å². The molecule has 0 radical (unpaired) electrons. The number of likely N-dealkylation sites (N-methyl/N-ethyl adjacent to an activating group) is 1. The Morgan fingerprint density at radius 3 is 2.59 bits per heavy atom. The Bertz CT molecular complexity index is 1110. The summed E-state index contributed by atoms with van der Waals surface area (Å²) in [6, 6.07) is 7.53. The second-order valence-corrected chi connectivity index (χ2v) is 7.35. The Hall–Kier alpha value is -2.58. The van der Waals surface area contributed by atoms with Gasteiger partial charge in [0.2, 0.25) is 5.95 Å². The normalized spacial score (nSPS) is 15.6. The Kier molecular flexibility index (Phi) is 4.53. The molecule has 0 saturated carbocycles. The molecule has 9 heteroatoms. The number of nitrogens with zero attached hydrogens (tertiary/aromatic N) is 5. The summed E-state index contributed by atoms with van der Waals surface area (Å²) < 4.78 is 3.26. The zero-order valence-corrected chi connectivity index (χ0v) is 16.0. The molecule has 3 heterocycles. The zero-order chi connectivity index (χ0) is 19.1. The van der Waals surface area contributed by atoms with Gasteiger partial charge in [0.25, 0.3) is 5.56 Å². The van der Waals surface area contributed by atoms with Crippen molar-refractivity contribution in [2.24, 2.45) is 7.05 Å². The summed E-state index contributed by atoms with van der Waals surface area (Å²) in [5.41, 5.74) is 0.851. The van der Waals surface area contributed by atoms with E-state index in [0.29, 0.717) is 28.7 Å². The third-order valence-corrected chi connectivity index (χ3v) is 5.24. The lowest BCUT2D eigenvalue weighted by Crippen LogP contribution is -2.45. The van der Waals surface area contributed by atoms with Gasteiger partial charge in [-0.15, -0.1) is 0 Å². The average molecular weight is 389 g/mol. The Morgan fingerprint density at radius 1 is 1.15 bits per heavy atom. The number of hydrogen-bond acceptors (Lipinski definition) is 5. The van der Waals surface area contributed by atoms with Gasteiger partial charge in [-0.3, -0.25) is 18.9 Å². The lowest BCUT2D eigenvalue weighted by Gasteiger charge is -2.33. The van der Waals surface area contributed by atoms with Crippen molar-refractivity contribution in [3.63, 3.8) is 0 Å². The largest absolute Gasteiger partial charge is 0.340 e. The molecule has 1 fully saturated rings. The predicted molar refractivity (Wildman–Crippen MR) is 106 cm³/mol. The van der Waals surface area contributed by atoms with Crippen LogP contribution in [0.1, 0.15) is 5.56 Å². The van der Waals surface area contributed by atoms with Gasteiger partial charge < -0.3 is 9.80 Å². The quantitative estimate of drug-likeness (QED) is 0.720. The van der Waals surface area contributed by atoms with Gasteiger partial charge in [-0.1, -0.05) is 23.7 Å². The van der Waals surface area contributed by atoms with Crippen LogP contribution in [0.2, 0.25) is 5.02 Å². The predicted octanol–water partition coefficient (Wildman–Crippen LogP) is 0.877. The van der Waals surface area contributed by atoms with Crippen molar-refractivity contribution in [3.8, 4) is 0 Å². The van der Waals surface area contributed by atoms with E-state index in [-0.39, 0.29) is 0 Å². The molecule has 1 saturated heterocycles. The van der Waals surface area contributed by atoms with Gasteiger partial charge in [0.15, 0.2) is 11.2 Å². The molecule has 1 N–H and O–H groups in total. The van der Waals surface area contributed by atoms with E-state index < -0.39 is 11.2 Å². The highest BCUT2D eigenvalue weighted by Crippen LogP contribution is 2.23. The number of halogens is 1. The number of hydrogen-bond donors (Lipinski definition) is 1. The molecule has 0 unspecified atom stereocenters. The van der Waals surface area contributed by atoms with Gasteiger partial charge in [0, 0.05) is 38.2 Å². The van der Waals surface area contributed by atoms with E-state index in [4.69, 9.17) is 11.6 Å². The fourth-order valence-corrected chi connectivity index (χ4v) is 3.65. The summed E-state index contributed by atoms with van der Waals surface area (Å²) in [4.78, 5) is 36.1. The highest BCUT2D eigenvalue weighted by molar-refractivity contribution is 6.30. The van der Waals surface area contributed by atoms with Crippen molar-refractivity contribution in [1.29, 1.82) is 0 Å². The van der Waals surface area contributed by atoms with Crippen LogP contribution in [0.3, 0.4) is 0 Å². The van der Waals surface area contributed by atoms with Crippen molar-refractivity contribution < 1.29 is 0 Å². The number of rotatable bonds is 3. The average Bonchev–Trinajstić information content (AvgIpc) is 3.00. The zero-order valence-electron chi connectivity index (χ0n) is 15.3. The molecule has 0 bridgehead atoms. The van der Waals surface area contributed by atoms with Crippen LogP contribution in [0.5, 0.6) is 0 Å². The third-order valence-electron chi connectivity index (χ3n) is 5.00. The first-order valence-corrected chi connectivity index (χ1v) is 9.19. The Balaban J connectivity index is 1.90. The van der Waals surface area contributed by atoms with Crippen LogP contribution in [0, 0.1) is 0 Å². The first kappa shape index (κ1) is 17.8. The fraction of sp³-hybridized carbons (Fsp3) is 0.389. The number of fused-ring (bicyclic) bond motifs is 1. The van der Waals surface area contributed by atoms with Crippen molar-refractivity contribution in [1.82, 2.24) is 24.0 Å². The minimum Gasteiger partial charge on any atom is -0.340 e. The molecule has 2 aromatic heterocycles. The van der Waals surface area contributed by atoms with E-state index in [1.165, 1.54) is 4.57 Å². The summed E-state index contributed by atoms with van der Waals surface area (Å²) in [6.07, 6.45) is 0. The number of nitrogens with one attached hydrogen (secondary N) is 1. The van der Waals surface area contributed by atoms with E-state index in [1.54, 1.807) is 7.05 Å². The number of piperazine rings is 1. The van der Waals surface area contributed by atoms with Gasteiger partial charge in [0.05, 0.1) is 6.54 Å². The first-order valence-electron chi connectivity index (χ1n) is 8.81. The molecule has 0 amide bonds. The number of anilines is 1. The van der Waals surface area contributed by atoms with Crippen LogP contribution in [0.4, 0.5) is 5.95 Å². The molecule has 1 aliphatic heterocycles. The van der Waals surface area contributed by atoms with Gasteiger partial charge in [0.1, 0.15) is 0 Å². The monoisotopic (exact) mass is 388 g/mol. The Labute approximate surface area is 160 Å². The maximum atomic E-state index is 12.6. The summed E-state index contributed by atoms with van der Waals surface area (Å²) in [7, 11) is 3.70. The second kappa shape index (κ2) is 6.86. The first-order chi connectivity index (χ1) is 12.9. The summed E-state index contributed by atoms with van der Waals surface area (Å²) in [6.45, 7) is 3.88. The topological polar surface area (TPSA) is 79.2 Å². The smallest absolute Gasteiger partial charge is 0.329 e. The van der Waals surface area contributed by atoms with Gasteiger partial charge in [-0.25, -0.2) is 4.79 Å². The van der Waals surface area contributed by atoms with Crippen LogP contribution >= 0.6 is 11.6 Å². The van der Waals surface area contributed by atoms with Crippen LogP contribution in [-0.4, -0.2) is 57.2 Å². The fourth-order valence-electron chi connectivity index (χ4n) is 3.44. The van der Waals surface area contributed by atoms with E-state index in [9.17, 15) is 9.59 Å². The molecule has 3 aromatic rings. The Morgan fingerprint density at radius 2 is 1.89 bits per heavy atom. The molecule has 1 aliphatic rings. The molecule has 1 aromatic carbocycles. The summed E-state index contributed by atoms with van der Waals surface area (Å²) in [5, 5.41) is 0.638. The second-order valence-electron chi connectivity index (χ2n) is 6.91. The lowest BCUT2D eigenvalue weighted by molar-refractivity contribution is 0.310. The van der Waals surface area contributed by atoms with Crippen molar-refractivity contribution in [2.75, 3.05) is 38.1 Å². The number of aromatic nitrogens is 4. The van der Waals surface area contributed by atoms with Gasteiger partial charge >= 0.3 is 5.69 Å². The SMILES string of the molecule is CN1CCN(c2nc3c(c(=O)[nH]c(=O)n3C)n2Cc2cccc(Cl)c2)CC1. The standard InChI is InChI=1S/C18H21ClN6O2/c1-22-6-8-24(9-7-22)17-20-15-14(16(26)21-18(27)23(15)2)25(17)11-12-4-3-5-13(19)10-12/h3-5,10H,6-9,11H2,1-2H3,(H,21,26,27). The summed E-state index contributed by atoms with van der Waals surface area (Å²) >= 11 is 6.13. The number of benzene rings is 1. The minimum absolute atomic E-state index is 0.389. The molecule has 8 nitrogen and oxygen atoms in total. The van der Waals surface area contributed by atoms with E-state index in [1.807, 2.05) is 28.8 Å². The van der Waals surface area contributed by atoms with E-state index in [0.717, 1.165) is 31.7 Å². The minimum atomic E-state index is -0.468. The van der Waals surface area contributed by atoms with Crippen molar-refractivity contribution >= 4 is 28.7 Å². The highest BCUT2D eigenvalue weighted by Gasteiger charge is 2.24. The summed E-state index contributed by atoms with van der Waals surface area (Å²) in [5.74, 6) is 0.699. The molecule has 0 atom stereocenters. The highest BCUT2D eigenvalue weighted by atomic mass is 35.5. The number of imidazole rings is 1. The number of aryl methyl sites for hydroxylation is 1. The molecule has 4 rings (SSSR count). The third kappa shape index (κ3) is 3.26. The molecule has 0 spiro atoms. The van der Waals surface area contributed by atoms with E-state index >= 15 is 0 Å². The lowest BCUT2D eigenvalue weighted by atomic mass is 10.2. The van der Waals surface area contributed by atoms with Crippen LogP contribution < -0.4 is 16.1 Å².